The molecule has 1 heterocycles. The molecular formula is C7H9N3O3. The number of urea groups is 1. The van der Waals surface area contributed by atoms with Gasteiger partial charge in [-0.15, -0.1) is 0 Å². The highest BCUT2D eigenvalue weighted by Gasteiger charge is 1.96. The van der Waals surface area contributed by atoms with Gasteiger partial charge in [0.15, 0.2) is 0 Å². The quantitative estimate of drug-likeness (QED) is 0.445. The van der Waals surface area contributed by atoms with Crippen molar-refractivity contribution in [2.45, 2.75) is 6.61 Å². The van der Waals surface area contributed by atoms with Crippen LogP contribution in [0.4, 0.5) is 4.79 Å². The van der Waals surface area contributed by atoms with E-state index in [1.807, 2.05) is 5.43 Å². The lowest BCUT2D eigenvalue weighted by molar-refractivity contribution is 0.246. The van der Waals surface area contributed by atoms with Crippen molar-refractivity contribution in [2.24, 2.45) is 10.8 Å². The molecule has 0 aliphatic carbocycles. The van der Waals surface area contributed by atoms with Gasteiger partial charge in [-0.2, -0.15) is 5.10 Å². The van der Waals surface area contributed by atoms with E-state index in [1.165, 1.54) is 6.21 Å². The molecule has 0 aliphatic rings. The van der Waals surface area contributed by atoms with Crippen LogP contribution in [0.15, 0.2) is 21.7 Å². The smallest absolute Gasteiger partial charge is 0.332 e. The fourth-order valence-corrected chi connectivity index (χ4v) is 0.708. The van der Waals surface area contributed by atoms with Gasteiger partial charge in [0.25, 0.3) is 0 Å². The van der Waals surface area contributed by atoms with Crippen molar-refractivity contribution >= 4 is 12.2 Å². The molecule has 0 saturated heterocycles. The summed E-state index contributed by atoms with van der Waals surface area (Å²) in [6.45, 7) is -0.170. The first kappa shape index (κ1) is 9.27. The predicted octanol–water partition coefficient (Wildman–Crippen LogP) is -0.226. The van der Waals surface area contributed by atoms with E-state index in [1.54, 1.807) is 12.1 Å². The molecular weight excluding hydrogens is 174 g/mol. The van der Waals surface area contributed by atoms with Crippen molar-refractivity contribution < 1.29 is 14.3 Å². The number of rotatable bonds is 3. The molecule has 1 rings (SSSR count). The first-order valence-corrected chi connectivity index (χ1v) is 3.50. The third-order valence-electron chi connectivity index (χ3n) is 1.20. The summed E-state index contributed by atoms with van der Waals surface area (Å²) in [6.07, 6.45) is 1.28. The third kappa shape index (κ3) is 2.96. The van der Waals surface area contributed by atoms with Crippen molar-refractivity contribution in [3.05, 3.63) is 23.7 Å². The number of nitrogens with zero attached hydrogens (tertiary/aromatic N) is 1. The summed E-state index contributed by atoms with van der Waals surface area (Å²) in [5, 5.41) is 12.1. The molecule has 0 radical (unpaired) electrons. The van der Waals surface area contributed by atoms with Gasteiger partial charge < -0.3 is 15.3 Å². The molecule has 70 valence electrons. The Morgan fingerprint density at radius 1 is 1.77 bits per heavy atom. The molecule has 6 nitrogen and oxygen atoms in total. The zero-order valence-corrected chi connectivity index (χ0v) is 6.73. The van der Waals surface area contributed by atoms with E-state index in [4.69, 9.17) is 15.3 Å². The topological polar surface area (TPSA) is 101 Å². The summed E-state index contributed by atoms with van der Waals surface area (Å²) >= 11 is 0. The first-order chi connectivity index (χ1) is 6.22. The fraction of sp³-hybridized carbons (Fsp3) is 0.143. The Kier molecular flexibility index (Phi) is 3.04. The number of nitrogens with one attached hydrogen (secondary N) is 1. The second kappa shape index (κ2) is 4.27. The molecule has 0 saturated carbocycles. The van der Waals surface area contributed by atoms with E-state index in [2.05, 4.69) is 5.10 Å². The van der Waals surface area contributed by atoms with E-state index in [9.17, 15) is 4.79 Å². The zero-order valence-electron chi connectivity index (χ0n) is 6.73. The fourth-order valence-electron chi connectivity index (χ4n) is 0.708. The van der Waals surface area contributed by atoms with Gasteiger partial charge in [0.1, 0.15) is 18.1 Å². The number of hydrogen-bond acceptors (Lipinski definition) is 4. The lowest BCUT2D eigenvalue weighted by Gasteiger charge is -1.89. The Labute approximate surface area is 74.0 Å². The van der Waals surface area contributed by atoms with Gasteiger partial charge in [0, 0.05) is 0 Å². The van der Waals surface area contributed by atoms with Gasteiger partial charge in [-0.1, -0.05) is 0 Å². The Morgan fingerprint density at radius 3 is 3.08 bits per heavy atom. The number of nitrogens with two attached hydrogens (primary N) is 1. The third-order valence-corrected chi connectivity index (χ3v) is 1.20. The minimum absolute atomic E-state index is 0.170. The van der Waals surface area contributed by atoms with Crippen LogP contribution in [0.3, 0.4) is 0 Å². The number of carbonyl (C=O) groups is 1. The first-order valence-electron chi connectivity index (χ1n) is 3.50. The molecule has 1 aromatic heterocycles. The molecule has 0 spiro atoms. The van der Waals surface area contributed by atoms with Gasteiger partial charge in [-0.05, 0) is 12.1 Å². The molecule has 0 unspecified atom stereocenters. The Balaban J connectivity index is 2.53. The van der Waals surface area contributed by atoms with Crippen LogP contribution in [0.5, 0.6) is 0 Å². The number of aliphatic hydroxyl groups excluding tert-OH is 1. The van der Waals surface area contributed by atoms with Crippen molar-refractivity contribution in [3.8, 4) is 0 Å². The summed E-state index contributed by atoms with van der Waals surface area (Å²) in [5.74, 6) is 0.860. The molecule has 6 heteroatoms. The normalized spacial score (nSPS) is 10.5. The van der Waals surface area contributed by atoms with E-state index in [-0.39, 0.29) is 6.61 Å². The number of amides is 2. The van der Waals surface area contributed by atoms with Crippen LogP contribution < -0.4 is 11.2 Å². The Morgan fingerprint density at radius 2 is 2.54 bits per heavy atom. The predicted molar refractivity (Wildman–Crippen MR) is 44.9 cm³/mol. The van der Waals surface area contributed by atoms with Gasteiger partial charge in [-0.3, -0.25) is 0 Å². The number of primary amides is 1. The summed E-state index contributed by atoms with van der Waals surface area (Å²) < 4.78 is 5.02. The highest BCUT2D eigenvalue weighted by Crippen LogP contribution is 2.04. The molecule has 0 aromatic carbocycles. The molecule has 0 bridgehead atoms. The second-order valence-corrected chi connectivity index (χ2v) is 2.20. The highest BCUT2D eigenvalue weighted by atomic mass is 16.4. The Hall–Kier alpha value is -1.82. The maximum Gasteiger partial charge on any atom is 0.332 e. The molecule has 4 N–H and O–H groups in total. The van der Waals surface area contributed by atoms with Gasteiger partial charge in [0.2, 0.25) is 0 Å². The van der Waals surface area contributed by atoms with Gasteiger partial charge in [-0.25, -0.2) is 10.2 Å². The number of carbonyl (C=O) groups excluding carboxylic acids is 1. The highest BCUT2D eigenvalue weighted by molar-refractivity contribution is 5.78. The van der Waals surface area contributed by atoms with Gasteiger partial charge >= 0.3 is 6.03 Å². The summed E-state index contributed by atoms with van der Waals surface area (Å²) in [5.41, 5.74) is 6.76. The van der Waals surface area contributed by atoms with E-state index in [0.29, 0.717) is 11.5 Å². The number of furan rings is 1. The van der Waals surface area contributed by atoms with Crippen LogP contribution in [0, 0.1) is 0 Å². The van der Waals surface area contributed by atoms with Crippen LogP contribution in [-0.4, -0.2) is 17.4 Å². The monoisotopic (exact) mass is 183 g/mol. The molecule has 0 aliphatic heterocycles. The zero-order chi connectivity index (χ0) is 9.68. The molecule has 0 atom stereocenters. The van der Waals surface area contributed by atoms with Crippen LogP contribution in [-0.2, 0) is 6.61 Å². The van der Waals surface area contributed by atoms with Gasteiger partial charge in [0.05, 0.1) is 6.21 Å². The van der Waals surface area contributed by atoms with Crippen molar-refractivity contribution in [1.29, 1.82) is 0 Å². The van der Waals surface area contributed by atoms with Crippen LogP contribution in [0.1, 0.15) is 11.5 Å². The Bertz CT molecular complexity index is 319. The largest absolute Gasteiger partial charge is 0.458 e. The maximum atomic E-state index is 10.2. The molecule has 13 heavy (non-hydrogen) atoms. The standard InChI is InChI=1S/C7H9N3O3/c8-7(12)10-9-3-5-1-2-6(4-11)13-5/h1-3,11H,4H2,(H3,8,10,12)/b9-3+. The van der Waals surface area contributed by atoms with Crippen molar-refractivity contribution in [3.63, 3.8) is 0 Å². The number of hydrazone groups is 1. The average Bonchev–Trinajstić information content (AvgIpc) is 2.52. The molecule has 1 aromatic rings. The average molecular weight is 183 g/mol. The summed E-state index contributed by atoms with van der Waals surface area (Å²) in [4.78, 5) is 10.2. The van der Waals surface area contributed by atoms with E-state index < -0.39 is 6.03 Å². The molecule has 2 amide bonds. The lowest BCUT2D eigenvalue weighted by Crippen LogP contribution is -2.24. The minimum atomic E-state index is -0.745. The minimum Gasteiger partial charge on any atom is -0.458 e. The van der Waals surface area contributed by atoms with Crippen LogP contribution in [0.2, 0.25) is 0 Å². The maximum absolute atomic E-state index is 10.2. The van der Waals surface area contributed by atoms with Crippen molar-refractivity contribution in [2.75, 3.05) is 0 Å². The summed E-state index contributed by atoms with van der Waals surface area (Å²) in [6, 6.07) is 2.47. The lowest BCUT2D eigenvalue weighted by atomic mass is 10.4. The number of aliphatic hydroxyl groups is 1. The van der Waals surface area contributed by atoms with Crippen LogP contribution in [0.25, 0.3) is 0 Å². The van der Waals surface area contributed by atoms with E-state index in [0.717, 1.165) is 0 Å². The molecule has 0 fully saturated rings. The van der Waals surface area contributed by atoms with Crippen molar-refractivity contribution in [1.82, 2.24) is 5.43 Å². The van der Waals surface area contributed by atoms with Crippen LogP contribution >= 0.6 is 0 Å². The SMILES string of the molecule is NC(=O)N/N=C/c1ccc(CO)o1. The van der Waals surface area contributed by atoms with E-state index >= 15 is 0 Å². The number of hydrogen-bond donors (Lipinski definition) is 3. The summed E-state index contributed by atoms with van der Waals surface area (Å²) in [7, 11) is 0. The second-order valence-electron chi connectivity index (χ2n) is 2.20.